The highest BCUT2D eigenvalue weighted by Crippen LogP contribution is 2.20. The Morgan fingerprint density at radius 2 is 1.60 bits per heavy atom. The molecule has 0 heterocycles. The predicted octanol–water partition coefficient (Wildman–Crippen LogP) is 6.04. The minimum absolute atomic E-state index is 0.309. The summed E-state index contributed by atoms with van der Waals surface area (Å²) < 4.78 is 0. The van der Waals surface area contributed by atoms with E-state index in [1.165, 1.54) is 44.9 Å². The third-order valence-corrected chi connectivity index (χ3v) is 4.11. The molecule has 1 rings (SSSR count). The molecule has 0 radical (unpaired) electrons. The Kier molecular flexibility index (Phi) is 9.02. The molecular formula is C19H30O. The van der Waals surface area contributed by atoms with Gasteiger partial charge in [0.15, 0.2) is 5.78 Å². The summed E-state index contributed by atoms with van der Waals surface area (Å²) >= 11 is 0. The smallest absolute Gasteiger partial charge is 0.163 e. The number of Topliss-reactive ketones (excluding diaryl/α,β-unsaturated/α-hetero) is 1. The van der Waals surface area contributed by atoms with Gasteiger partial charge in [-0.2, -0.15) is 0 Å². The number of unbranched alkanes of at least 4 members (excludes halogenated alkanes) is 5. The second-order valence-electron chi connectivity index (χ2n) is 5.82. The minimum Gasteiger partial charge on any atom is -0.294 e. The highest BCUT2D eigenvalue weighted by Gasteiger charge is 2.13. The zero-order valence-electron chi connectivity index (χ0n) is 13.2. The van der Waals surface area contributed by atoms with E-state index in [2.05, 4.69) is 13.8 Å². The fraction of sp³-hybridized carbons (Fsp3) is 0.632. The molecule has 112 valence electrons. The van der Waals surface area contributed by atoms with Crippen LogP contribution in [0.5, 0.6) is 0 Å². The van der Waals surface area contributed by atoms with Gasteiger partial charge in [0.25, 0.3) is 0 Å². The summed E-state index contributed by atoms with van der Waals surface area (Å²) in [5.74, 6) is 0.873. The van der Waals surface area contributed by atoms with Crippen LogP contribution >= 0.6 is 0 Å². The normalized spacial score (nSPS) is 12.3. The van der Waals surface area contributed by atoms with Gasteiger partial charge in [-0.25, -0.2) is 0 Å². The Morgan fingerprint density at radius 1 is 0.950 bits per heavy atom. The zero-order chi connectivity index (χ0) is 14.6. The predicted molar refractivity (Wildman–Crippen MR) is 87.2 cm³/mol. The summed E-state index contributed by atoms with van der Waals surface area (Å²) in [6.07, 6.45) is 11.1. The summed E-state index contributed by atoms with van der Waals surface area (Å²) in [7, 11) is 0. The first kappa shape index (κ1) is 16.9. The van der Waals surface area contributed by atoms with E-state index >= 15 is 0 Å². The van der Waals surface area contributed by atoms with Gasteiger partial charge in [0.2, 0.25) is 0 Å². The van der Waals surface area contributed by atoms with Gasteiger partial charge < -0.3 is 0 Å². The van der Waals surface area contributed by atoms with Crippen LogP contribution in [-0.2, 0) is 0 Å². The molecule has 0 aliphatic rings. The molecule has 0 fully saturated rings. The van der Waals surface area contributed by atoms with Crippen LogP contribution < -0.4 is 0 Å². The lowest BCUT2D eigenvalue weighted by atomic mass is 9.91. The number of rotatable bonds is 11. The molecule has 0 aromatic heterocycles. The molecule has 20 heavy (non-hydrogen) atoms. The lowest BCUT2D eigenvalue weighted by molar-refractivity contribution is 0.0957. The van der Waals surface area contributed by atoms with Crippen LogP contribution in [0, 0.1) is 5.92 Å². The Bertz CT molecular complexity index is 355. The third-order valence-electron chi connectivity index (χ3n) is 4.11. The van der Waals surface area contributed by atoms with Gasteiger partial charge in [0.1, 0.15) is 0 Å². The summed E-state index contributed by atoms with van der Waals surface area (Å²) in [4.78, 5) is 12.2. The molecule has 0 N–H and O–H groups in total. The average Bonchev–Trinajstić information content (AvgIpc) is 2.50. The standard InChI is InChI=1S/C19H30O/c1-3-5-6-7-8-10-13-17(4-2)16-19(20)18-14-11-9-12-15-18/h9,11-12,14-15,17H,3-8,10,13,16H2,1-2H3. The number of carbonyl (C=O) groups is 1. The molecule has 0 saturated heterocycles. The first-order chi connectivity index (χ1) is 9.77. The van der Waals surface area contributed by atoms with Crippen molar-refractivity contribution in [3.8, 4) is 0 Å². The minimum atomic E-state index is 0.309. The lowest BCUT2D eigenvalue weighted by Gasteiger charge is -2.14. The van der Waals surface area contributed by atoms with Crippen molar-refractivity contribution >= 4 is 5.78 Å². The lowest BCUT2D eigenvalue weighted by Crippen LogP contribution is -2.08. The maximum Gasteiger partial charge on any atom is 0.163 e. The molecule has 1 atom stereocenters. The van der Waals surface area contributed by atoms with E-state index in [0.29, 0.717) is 11.7 Å². The number of hydrogen-bond donors (Lipinski definition) is 0. The van der Waals surface area contributed by atoms with Crippen LogP contribution in [0.1, 0.15) is 82.0 Å². The molecule has 0 spiro atoms. The molecule has 0 aliphatic heterocycles. The van der Waals surface area contributed by atoms with Gasteiger partial charge >= 0.3 is 0 Å². The van der Waals surface area contributed by atoms with E-state index in [4.69, 9.17) is 0 Å². The first-order valence-corrected chi connectivity index (χ1v) is 8.36. The second-order valence-corrected chi connectivity index (χ2v) is 5.82. The van der Waals surface area contributed by atoms with Crippen LogP contribution in [0.2, 0.25) is 0 Å². The van der Waals surface area contributed by atoms with E-state index in [-0.39, 0.29) is 0 Å². The number of hydrogen-bond acceptors (Lipinski definition) is 1. The van der Waals surface area contributed by atoms with Crippen molar-refractivity contribution < 1.29 is 4.79 Å². The van der Waals surface area contributed by atoms with Crippen molar-refractivity contribution in [2.24, 2.45) is 5.92 Å². The van der Waals surface area contributed by atoms with Crippen molar-refractivity contribution in [1.82, 2.24) is 0 Å². The average molecular weight is 274 g/mol. The molecule has 0 amide bonds. The van der Waals surface area contributed by atoms with E-state index in [1.54, 1.807) is 0 Å². The van der Waals surface area contributed by atoms with Crippen molar-refractivity contribution in [3.05, 3.63) is 35.9 Å². The van der Waals surface area contributed by atoms with Gasteiger partial charge in [0.05, 0.1) is 0 Å². The van der Waals surface area contributed by atoms with E-state index in [9.17, 15) is 4.79 Å². The number of benzene rings is 1. The van der Waals surface area contributed by atoms with Crippen molar-refractivity contribution in [2.75, 3.05) is 0 Å². The van der Waals surface area contributed by atoms with Crippen LogP contribution in [-0.4, -0.2) is 5.78 Å². The quantitative estimate of drug-likeness (QED) is 0.355. The topological polar surface area (TPSA) is 17.1 Å². The molecule has 1 aromatic carbocycles. The van der Waals surface area contributed by atoms with Crippen LogP contribution in [0.25, 0.3) is 0 Å². The van der Waals surface area contributed by atoms with Crippen LogP contribution in [0.4, 0.5) is 0 Å². The van der Waals surface area contributed by atoms with Gasteiger partial charge in [-0.05, 0) is 5.92 Å². The van der Waals surface area contributed by atoms with Crippen LogP contribution in [0.3, 0.4) is 0 Å². The number of ketones is 1. The summed E-state index contributed by atoms with van der Waals surface area (Å²) in [5, 5.41) is 0. The molecule has 1 aromatic rings. The van der Waals surface area contributed by atoms with Crippen molar-refractivity contribution in [1.29, 1.82) is 0 Å². The molecule has 1 heteroatoms. The fourth-order valence-electron chi connectivity index (χ4n) is 2.67. The van der Waals surface area contributed by atoms with Gasteiger partial charge in [0, 0.05) is 12.0 Å². The SMILES string of the molecule is CCCCCCCCC(CC)CC(=O)c1ccccc1. The molecular weight excluding hydrogens is 244 g/mol. The summed E-state index contributed by atoms with van der Waals surface area (Å²) in [5.41, 5.74) is 0.869. The highest BCUT2D eigenvalue weighted by molar-refractivity contribution is 5.96. The third kappa shape index (κ3) is 6.88. The Balaban J connectivity index is 2.24. The fourth-order valence-corrected chi connectivity index (χ4v) is 2.67. The maximum atomic E-state index is 12.2. The van der Waals surface area contributed by atoms with Gasteiger partial charge in [-0.15, -0.1) is 0 Å². The second kappa shape index (κ2) is 10.7. The summed E-state index contributed by atoms with van der Waals surface area (Å²) in [6, 6.07) is 9.72. The molecule has 0 aliphatic carbocycles. The molecule has 1 unspecified atom stereocenters. The Hall–Kier alpha value is -1.11. The van der Waals surface area contributed by atoms with Crippen molar-refractivity contribution in [3.63, 3.8) is 0 Å². The summed E-state index contributed by atoms with van der Waals surface area (Å²) in [6.45, 7) is 4.46. The monoisotopic (exact) mass is 274 g/mol. The number of carbonyl (C=O) groups excluding carboxylic acids is 1. The van der Waals surface area contributed by atoms with Gasteiger partial charge in [-0.3, -0.25) is 4.79 Å². The van der Waals surface area contributed by atoms with E-state index in [0.717, 1.165) is 18.4 Å². The van der Waals surface area contributed by atoms with Crippen LogP contribution in [0.15, 0.2) is 30.3 Å². The maximum absolute atomic E-state index is 12.2. The highest BCUT2D eigenvalue weighted by atomic mass is 16.1. The molecule has 0 bridgehead atoms. The molecule has 0 saturated carbocycles. The molecule has 1 nitrogen and oxygen atoms in total. The van der Waals surface area contributed by atoms with E-state index < -0.39 is 0 Å². The van der Waals surface area contributed by atoms with Gasteiger partial charge in [-0.1, -0.05) is 95.5 Å². The largest absolute Gasteiger partial charge is 0.294 e. The zero-order valence-corrected chi connectivity index (χ0v) is 13.2. The van der Waals surface area contributed by atoms with Crippen molar-refractivity contribution in [2.45, 2.75) is 71.6 Å². The van der Waals surface area contributed by atoms with E-state index in [1.807, 2.05) is 30.3 Å². The Labute approximate surface area is 124 Å². The first-order valence-electron chi connectivity index (χ1n) is 8.36. The Morgan fingerprint density at radius 3 is 2.25 bits per heavy atom.